The van der Waals surface area contributed by atoms with Crippen molar-refractivity contribution in [3.63, 3.8) is 0 Å². The number of rotatable bonds is 8. The normalized spacial score (nSPS) is 14.1. The molecular formula is C17H25N5NiO2S3+4. The first-order valence-corrected chi connectivity index (χ1v) is 10.3. The van der Waals surface area contributed by atoms with Crippen LogP contribution in [0, 0.1) is 5.92 Å². The number of carboxylic acids is 1. The second-order valence-corrected chi connectivity index (χ2v) is 7.89. The van der Waals surface area contributed by atoms with Crippen molar-refractivity contribution >= 4 is 64.5 Å². The van der Waals surface area contributed by atoms with E-state index in [2.05, 4.69) is 51.0 Å². The molecule has 0 spiro atoms. The molecule has 2 N–H and O–H groups in total. The zero-order valence-corrected chi connectivity index (χ0v) is 19.5. The van der Waals surface area contributed by atoms with Crippen molar-refractivity contribution in [3.05, 3.63) is 35.9 Å². The van der Waals surface area contributed by atoms with Crippen LogP contribution in [-0.2, 0) is 46.5 Å². The van der Waals surface area contributed by atoms with E-state index in [0.717, 1.165) is 5.56 Å². The summed E-state index contributed by atoms with van der Waals surface area (Å²) >= 11 is 8.02. The largest absolute Gasteiger partial charge is 2.00 e. The van der Waals surface area contributed by atoms with Gasteiger partial charge in [0.2, 0.25) is 0 Å². The van der Waals surface area contributed by atoms with Gasteiger partial charge in [-0.05, 0) is 18.6 Å². The van der Waals surface area contributed by atoms with Crippen LogP contribution in [0.15, 0.2) is 50.6 Å². The Balaban J connectivity index is 0.00000729. The minimum absolute atomic E-state index is 0. The molecule has 1 aromatic rings. The smallest absolute Gasteiger partial charge is 0.480 e. The molecule has 1 unspecified atom stereocenters. The number of aliphatic carboxylic acids is 1. The molecule has 0 saturated heterocycles. The molecule has 0 heterocycles. The van der Waals surface area contributed by atoms with E-state index >= 15 is 0 Å². The summed E-state index contributed by atoms with van der Waals surface area (Å²) in [7, 11) is 0. The number of nitrogens with zero attached hydrogens (tertiary/aromatic N) is 4. The monoisotopic (exact) mass is 485 g/mol. The molecule has 0 aliphatic heterocycles. The van der Waals surface area contributed by atoms with Crippen molar-refractivity contribution in [3.8, 4) is 0 Å². The maximum absolute atomic E-state index is 11.3. The van der Waals surface area contributed by atoms with Gasteiger partial charge >= 0.3 is 27.6 Å². The van der Waals surface area contributed by atoms with E-state index < -0.39 is 12.0 Å². The van der Waals surface area contributed by atoms with Gasteiger partial charge in [-0.2, -0.15) is 10.2 Å². The van der Waals surface area contributed by atoms with Gasteiger partial charge in [-0.1, -0.05) is 61.0 Å². The Hall–Kier alpha value is -1.29. The number of aliphatic imine (C=N–C) groups is 1. The second-order valence-electron chi connectivity index (χ2n) is 5.79. The van der Waals surface area contributed by atoms with E-state index in [1.165, 1.54) is 18.0 Å². The third-order valence-corrected chi connectivity index (χ3v) is 4.56. The Morgan fingerprint density at radius 2 is 1.93 bits per heavy atom. The fraction of sp³-hybridized carbons (Fsp3) is 0.353. The molecule has 0 bridgehead atoms. The molecular weight excluding hydrogens is 461 g/mol. The van der Waals surface area contributed by atoms with Gasteiger partial charge in [-0.25, -0.2) is 15.2 Å². The predicted molar refractivity (Wildman–Crippen MR) is 124 cm³/mol. The molecule has 0 aliphatic rings. The van der Waals surface area contributed by atoms with Crippen LogP contribution in [-0.4, -0.2) is 44.8 Å². The number of benzene rings is 1. The number of hydrazone groups is 1. The molecule has 0 aliphatic carbocycles. The molecule has 0 saturated carbocycles. The van der Waals surface area contributed by atoms with E-state index in [1.807, 2.05) is 50.4 Å². The van der Waals surface area contributed by atoms with E-state index in [4.69, 9.17) is 0 Å². The summed E-state index contributed by atoms with van der Waals surface area (Å²) in [6, 6.07) is 8.56. The molecule has 0 aromatic heterocycles. The summed E-state index contributed by atoms with van der Waals surface area (Å²) in [4.78, 5) is 15.5. The van der Waals surface area contributed by atoms with Crippen LogP contribution in [0.1, 0.15) is 25.8 Å². The van der Waals surface area contributed by atoms with Crippen molar-refractivity contribution in [1.29, 1.82) is 0 Å². The van der Waals surface area contributed by atoms with Gasteiger partial charge in [0.25, 0.3) is 4.38 Å². The van der Waals surface area contributed by atoms with Crippen LogP contribution in [0.4, 0.5) is 0 Å². The first-order valence-electron chi connectivity index (χ1n) is 8.11. The second kappa shape index (κ2) is 14.7. The van der Waals surface area contributed by atoms with Crippen molar-refractivity contribution in [2.75, 3.05) is 6.26 Å². The van der Waals surface area contributed by atoms with Crippen LogP contribution >= 0.6 is 11.8 Å². The summed E-state index contributed by atoms with van der Waals surface area (Å²) in [5.74, 6) is -0.775. The quantitative estimate of drug-likeness (QED) is 0.192. The number of hydrogen-bond acceptors (Lipinski definition) is 6. The predicted octanol–water partition coefficient (Wildman–Crippen LogP) is 1.56. The minimum atomic E-state index is -0.980. The molecule has 11 heteroatoms. The number of amidine groups is 1. The van der Waals surface area contributed by atoms with Crippen LogP contribution in [0.25, 0.3) is 0 Å². The number of carbonyl (C=O) groups is 1. The van der Waals surface area contributed by atoms with Crippen molar-refractivity contribution in [2.45, 2.75) is 26.3 Å². The van der Waals surface area contributed by atoms with E-state index in [0.29, 0.717) is 16.5 Å². The summed E-state index contributed by atoms with van der Waals surface area (Å²) in [6.45, 7) is 3.89. The molecule has 7 nitrogen and oxygen atoms in total. The van der Waals surface area contributed by atoms with E-state index in [-0.39, 0.29) is 27.6 Å². The Kier molecular flexibility index (Phi) is 14.0. The third-order valence-electron chi connectivity index (χ3n) is 3.14. The third kappa shape index (κ3) is 10.9. The van der Waals surface area contributed by atoms with Crippen LogP contribution in [0.2, 0.25) is 0 Å². The summed E-state index contributed by atoms with van der Waals surface area (Å²) in [6.07, 6.45) is 3.80. The van der Waals surface area contributed by atoms with Gasteiger partial charge in [0.15, 0.2) is 6.04 Å². The first kappa shape index (κ1) is 26.7. The van der Waals surface area contributed by atoms with Gasteiger partial charge in [-0.3, -0.25) is 0 Å². The van der Waals surface area contributed by atoms with Crippen molar-refractivity contribution < 1.29 is 26.4 Å². The van der Waals surface area contributed by atoms with Crippen molar-refractivity contribution in [2.24, 2.45) is 26.2 Å². The number of thioether (sulfide) groups is 1. The summed E-state index contributed by atoms with van der Waals surface area (Å²) in [5, 5.41) is 21.7. The van der Waals surface area contributed by atoms with Gasteiger partial charge in [0, 0.05) is 30.8 Å². The standard InChI is InChI=1S/C17H23N5O2S3.Ni/c1-11(2)9-13(15(23)24)19-16(25)21-20-14(10-18-22-17(26)27-3)12-7-5-4-6-8-12;/h4-8,10-11,13H,9H2,1-3H3,(H,22,26)(H,23,24)(H2,19,21,25);/q;+2/p+2. The van der Waals surface area contributed by atoms with Gasteiger partial charge in [0.1, 0.15) is 5.71 Å². The fourth-order valence-corrected chi connectivity index (χ4v) is 2.31. The Morgan fingerprint density at radius 3 is 2.46 bits per heavy atom. The van der Waals surface area contributed by atoms with Crippen LogP contribution in [0.3, 0.4) is 0 Å². The Labute approximate surface area is 190 Å². The van der Waals surface area contributed by atoms with Gasteiger partial charge in [-0.15, -0.1) is 0 Å². The first-order chi connectivity index (χ1) is 12.8. The SMILES string of the molecule is CSC([SH2+])=NN=CC(=NNC([SH2+])=NC(CC(C)C)C(=O)O)c1ccccc1.[Ni+2]. The molecule has 1 aromatic carbocycles. The topological polar surface area (TPSA) is 98.8 Å². The van der Waals surface area contributed by atoms with Gasteiger partial charge in [0.05, 0.1) is 6.21 Å². The number of nitrogens with one attached hydrogen (secondary N) is 1. The summed E-state index contributed by atoms with van der Waals surface area (Å²) in [5.41, 5.74) is 4.06. The number of carboxylic acid groups (broad SMARTS) is 1. The Bertz CT molecular complexity index is 740. The average Bonchev–Trinajstić information content (AvgIpc) is 2.63. The summed E-state index contributed by atoms with van der Waals surface area (Å²) < 4.78 is 0.631. The zero-order chi connectivity index (χ0) is 20.2. The zero-order valence-electron chi connectivity index (χ0n) is 15.7. The maximum atomic E-state index is 11.3. The van der Waals surface area contributed by atoms with Crippen LogP contribution in [0.5, 0.6) is 0 Å². The molecule has 0 amide bonds. The van der Waals surface area contributed by atoms with Gasteiger partial charge < -0.3 is 5.11 Å². The van der Waals surface area contributed by atoms with Crippen molar-refractivity contribution in [1.82, 2.24) is 5.43 Å². The molecule has 0 fully saturated rings. The fourth-order valence-electron chi connectivity index (χ4n) is 1.91. The van der Waals surface area contributed by atoms with E-state index in [1.54, 1.807) is 0 Å². The number of hydrogen-bond donors (Lipinski definition) is 2. The molecule has 1 atom stereocenters. The Morgan fingerprint density at radius 1 is 1.29 bits per heavy atom. The molecule has 154 valence electrons. The maximum Gasteiger partial charge on any atom is 2.00 e. The van der Waals surface area contributed by atoms with E-state index in [9.17, 15) is 9.90 Å². The van der Waals surface area contributed by atoms with Crippen LogP contribution < -0.4 is 5.43 Å². The minimum Gasteiger partial charge on any atom is -0.480 e. The average molecular weight is 486 g/mol. The molecule has 28 heavy (non-hydrogen) atoms. The molecule has 1 rings (SSSR count). The molecule has 0 radical (unpaired) electrons.